The molecule has 1 aromatic rings. The summed E-state index contributed by atoms with van der Waals surface area (Å²) in [6, 6.07) is 0.0775. The van der Waals surface area contributed by atoms with Crippen LogP contribution >= 0.6 is 0 Å². The number of rotatable bonds is 3. The molecule has 2 atom stereocenters. The molecule has 1 aromatic heterocycles. The zero-order chi connectivity index (χ0) is 10.7. The van der Waals surface area contributed by atoms with Crippen LogP contribution in [0.5, 0.6) is 0 Å². The molecule has 2 heterocycles. The molecule has 15 heavy (non-hydrogen) atoms. The Hall–Kier alpha value is -0.940. The van der Waals surface area contributed by atoms with Crippen LogP contribution in [0.3, 0.4) is 0 Å². The first-order chi connectivity index (χ1) is 7.31. The minimum absolute atomic E-state index is 0.0665. The maximum absolute atomic E-state index is 5.99. The first-order valence-corrected chi connectivity index (χ1v) is 5.47. The lowest BCUT2D eigenvalue weighted by molar-refractivity contribution is 0.0590. The molecule has 0 aliphatic carbocycles. The Bertz CT molecular complexity index is 313. The maximum atomic E-state index is 5.99. The smallest absolute Gasteiger partial charge is 0.233 e. The van der Waals surface area contributed by atoms with Crippen LogP contribution in [0.2, 0.25) is 0 Å². The van der Waals surface area contributed by atoms with Gasteiger partial charge in [0.25, 0.3) is 0 Å². The quantitative estimate of drug-likeness (QED) is 0.802. The fraction of sp³-hybridized carbons (Fsp3) is 0.800. The Balaban J connectivity index is 2.06. The van der Waals surface area contributed by atoms with Crippen LogP contribution in [0.1, 0.15) is 37.4 Å². The third kappa shape index (κ3) is 2.35. The van der Waals surface area contributed by atoms with E-state index in [4.69, 9.17) is 15.0 Å². The summed E-state index contributed by atoms with van der Waals surface area (Å²) in [5, 5.41) is 3.92. The van der Waals surface area contributed by atoms with Gasteiger partial charge in [0.1, 0.15) is 0 Å². The zero-order valence-electron chi connectivity index (χ0n) is 8.98. The van der Waals surface area contributed by atoms with E-state index >= 15 is 0 Å². The molecule has 0 amide bonds. The van der Waals surface area contributed by atoms with Gasteiger partial charge in [-0.15, -0.1) is 0 Å². The Labute approximate surface area is 89.0 Å². The average molecular weight is 211 g/mol. The van der Waals surface area contributed by atoms with Crippen molar-refractivity contribution >= 4 is 0 Å². The summed E-state index contributed by atoms with van der Waals surface area (Å²) < 4.78 is 10.6. The molecule has 0 aromatic carbocycles. The first kappa shape index (κ1) is 10.6. The van der Waals surface area contributed by atoms with Gasteiger partial charge in [-0.3, -0.25) is 0 Å². The van der Waals surface area contributed by atoms with E-state index in [2.05, 4.69) is 17.1 Å². The van der Waals surface area contributed by atoms with Gasteiger partial charge in [0.15, 0.2) is 5.82 Å². The average Bonchev–Trinajstić information content (AvgIpc) is 2.68. The van der Waals surface area contributed by atoms with Crippen molar-refractivity contribution < 1.29 is 9.26 Å². The van der Waals surface area contributed by atoms with Crippen LogP contribution in [0.15, 0.2) is 4.52 Å². The van der Waals surface area contributed by atoms with Crippen molar-refractivity contribution in [1.29, 1.82) is 0 Å². The maximum Gasteiger partial charge on any atom is 0.233 e. The molecule has 1 saturated heterocycles. The van der Waals surface area contributed by atoms with Crippen molar-refractivity contribution in [3.8, 4) is 0 Å². The lowest BCUT2D eigenvalue weighted by atomic mass is 9.97. The summed E-state index contributed by atoms with van der Waals surface area (Å²) in [6.07, 6.45) is 2.73. The topological polar surface area (TPSA) is 74.2 Å². The molecule has 1 aliphatic rings. The SMILES string of the molecule is CCCc1noc(C2COCCC2N)n1. The molecule has 1 fully saturated rings. The minimum Gasteiger partial charge on any atom is -0.381 e. The number of nitrogens with zero attached hydrogens (tertiary/aromatic N) is 2. The molecule has 5 nitrogen and oxygen atoms in total. The highest BCUT2D eigenvalue weighted by Crippen LogP contribution is 2.23. The van der Waals surface area contributed by atoms with Gasteiger partial charge in [-0.1, -0.05) is 12.1 Å². The minimum atomic E-state index is 0.0665. The predicted octanol–water partition coefficient (Wildman–Crippen LogP) is 0.853. The predicted molar refractivity (Wildman–Crippen MR) is 54.4 cm³/mol. The largest absolute Gasteiger partial charge is 0.381 e. The summed E-state index contributed by atoms with van der Waals surface area (Å²) in [5.41, 5.74) is 5.99. The third-order valence-corrected chi connectivity index (χ3v) is 2.68. The van der Waals surface area contributed by atoms with Crippen LogP contribution in [-0.2, 0) is 11.2 Å². The van der Waals surface area contributed by atoms with Crippen molar-refractivity contribution in [3.05, 3.63) is 11.7 Å². The fourth-order valence-electron chi connectivity index (χ4n) is 1.75. The van der Waals surface area contributed by atoms with Gasteiger partial charge in [-0.25, -0.2) is 0 Å². The van der Waals surface area contributed by atoms with Gasteiger partial charge in [0, 0.05) is 19.1 Å². The molecule has 0 radical (unpaired) electrons. The van der Waals surface area contributed by atoms with E-state index in [0.29, 0.717) is 12.5 Å². The van der Waals surface area contributed by atoms with E-state index in [1.54, 1.807) is 0 Å². The summed E-state index contributed by atoms with van der Waals surface area (Å²) >= 11 is 0. The highest BCUT2D eigenvalue weighted by atomic mass is 16.5. The van der Waals surface area contributed by atoms with Gasteiger partial charge in [-0.2, -0.15) is 4.98 Å². The molecule has 1 aliphatic heterocycles. The second-order valence-corrected chi connectivity index (χ2v) is 3.93. The van der Waals surface area contributed by atoms with Gasteiger partial charge >= 0.3 is 0 Å². The van der Waals surface area contributed by atoms with Crippen molar-refractivity contribution in [2.45, 2.75) is 38.1 Å². The van der Waals surface area contributed by atoms with E-state index in [9.17, 15) is 0 Å². The molecular formula is C10H17N3O2. The summed E-state index contributed by atoms with van der Waals surface area (Å²) in [5.74, 6) is 1.47. The zero-order valence-corrected chi connectivity index (χ0v) is 8.98. The van der Waals surface area contributed by atoms with Crippen LogP contribution in [0.4, 0.5) is 0 Å². The lowest BCUT2D eigenvalue weighted by Gasteiger charge is -2.25. The van der Waals surface area contributed by atoms with Gasteiger partial charge < -0.3 is 15.0 Å². The van der Waals surface area contributed by atoms with Crippen LogP contribution in [-0.4, -0.2) is 29.4 Å². The van der Waals surface area contributed by atoms with Gasteiger partial charge in [0.2, 0.25) is 5.89 Å². The molecule has 5 heteroatoms. The molecule has 0 bridgehead atoms. The molecule has 84 valence electrons. The van der Waals surface area contributed by atoms with E-state index in [-0.39, 0.29) is 12.0 Å². The van der Waals surface area contributed by atoms with E-state index in [1.807, 2.05) is 0 Å². The molecule has 2 N–H and O–H groups in total. The van der Waals surface area contributed by atoms with Crippen LogP contribution in [0.25, 0.3) is 0 Å². The molecule has 0 spiro atoms. The van der Waals surface area contributed by atoms with Crippen molar-refractivity contribution in [2.24, 2.45) is 5.73 Å². The number of hydrogen-bond acceptors (Lipinski definition) is 5. The lowest BCUT2D eigenvalue weighted by Crippen LogP contribution is -2.37. The highest BCUT2D eigenvalue weighted by molar-refractivity contribution is 5.00. The Morgan fingerprint density at radius 1 is 1.53 bits per heavy atom. The second kappa shape index (κ2) is 4.72. The van der Waals surface area contributed by atoms with E-state index < -0.39 is 0 Å². The van der Waals surface area contributed by atoms with Crippen molar-refractivity contribution in [3.63, 3.8) is 0 Å². The normalized spacial score (nSPS) is 26.8. The first-order valence-electron chi connectivity index (χ1n) is 5.47. The Morgan fingerprint density at radius 3 is 3.13 bits per heavy atom. The number of aryl methyl sites for hydroxylation is 1. The highest BCUT2D eigenvalue weighted by Gasteiger charge is 2.28. The summed E-state index contributed by atoms with van der Waals surface area (Å²) in [4.78, 5) is 4.34. The number of hydrogen-bond donors (Lipinski definition) is 1. The van der Waals surface area contributed by atoms with E-state index in [1.165, 1.54) is 0 Å². The number of ether oxygens (including phenoxy) is 1. The van der Waals surface area contributed by atoms with Crippen molar-refractivity contribution in [2.75, 3.05) is 13.2 Å². The molecule has 0 saturated carbocycles. The summed E-state index contributed by atoms with van der Waals surface area (Å²) in [6.45, 7) is 3.41. The monoisotopic (exact) mass is 211 g/mol. The van der Waals surface area contributed by atoms with E-state index in [0.717, 1.165) is 31.7 Å². The van der Waals surface area contributed by atoms with Crippen LogP contribution < -0.4 is 5.73 Å². The standard InChI is InChI=1S/C10H17N3O2/c1-2-3-9-12-10(15-13-9)7-6-14-5-4-8(7)11/h7-8H,2-6,11H2,1H3. The molecular weight excluding hydrogens is 194 g/mol. The van der Waals surface area contributed by atoms with Gasteiger partial charge in [0.05, 0.1) is 12.5 Å². The number of aromatic nitrogens is 2. The fourth-order valence-corrected chi connectivity index (χ4v) is 1.75. The third-order valence-electron chi connectivity index (χ3n) is 2.68. The molecule has 2 unspecified atom stereocenters. The summed E-state index contributed by atoms with van der Waals surface area (Å²) in [7, 11) is 0. The van der Waals surface area contributed by atoms with Gasteiger partial charge in [-0.05, 0) is 12.8 Å². The number of nitrogens with two attached hydrogens (primary N) is 1. The van der Waals surface area contributed by atoms with Crippen molar-refractivity contribution in [1.82, 2.24) is 10.1 Å². The Kier molecular flexibility index (Phi) is 3.33. The Morgan fingerprint density at radius 2 is 2.40 bits per heavy atom. The van der Waals surface area contributed by atoms with Crippen LogP contribution in [0, 0.1) is 0 Å². The second-order valence-electron chi connectivity index (χ2n) is 3.93. The molecule has 2 rings (SSSR count).